The summed E-state index contributed by atoms with van der Waals surface area (Å²) >= 11 is 0. The van der Waals surface area contributed by atoms with Gasteiger partial charge in [0.25, 0.3) is 0 Å². The van der Waals surface area contributed by atoms with E-state index in [1.54, 1.807) is 6.20 Å². The molecule has 2 aliphatic rings. The summed E-state index contributed by atoms with van der Waals surface area (Å²) in [6.07, 6.45) is 10.6. The molecule has 1 aromatic carbocycles. The number of fused-ring (bicyclic) bond motifs is 1. The lowest BCUT2D eigenvalue weighted by atomic mass is 9.69. The summed E-state index contributed by atoms with van der Waals surface area (Å²) in [7, 11) is 0. The molecule has 4 rings (SSSR count). The number of aromatic nitrogens is 1. The van der Waals surface area contributed by atoms with E-state index < -0.39 is 0 Å². The second-order valence-corrected chi connectivity index (χ2v) is 7.55. The molecule has 0 bridgehead atoms. The SMILES string of the molecule is O=C(CCc1cccnc1)NCC1(c2ccc3c(c2)OCO3)CCCCC1. The molecule has 1 N–H and O–H groups in total. The number of nitrogens with zero attached hydrogens (tertiary/aromatic N) is 1. The van der Waals surface area contributed by atoms with E-state index in [9.17, 15) is 4.79 Å². The quantitative estimate of drug-likeness (QED) is 0.846. The normalized spacial score (nSPS) is 17.5. The van der Waals surface area contributed by atoms with Crippen molar-refractivity contribution in [3.8, 4) is 11.5 Å². The van der Waals surface area contributed by atoms with E-state index in [1.165, 1.54) is 24.8 Å². The van der Waals surface area contributed by atoms with Crippen LogP contribution < -0.4 is 14.8 Å². The Bertz CT molecular complexity index is 785. The molecule has 2 aromatic rings. The number of hydrogen-bond donors (Lipinski definition) is 1. The summed E-state index contributed by atoms with van der Waals surface area (Å²) in [5.74, 6) is 1.73. The first-order valence-corrected chi connectivity index (χ1v) is 9.81. The van der Waals surface area contributed by atoms with Gasteiger partial charge in [-0.25, -0.2) is 0 Å². The Morgan fingerprint density at radius 2 is 1.96 bits per heavy atom. The summed E-state index contributed by atoms with van der Waals surface area (Å²) in [6.45, 7) is 0.968. The maximum absolute atomic E-state index is 12.4. The van der Waals surface area contributed by atoms with Gasteiger partial charge in [-0.05, 0) is 48.6 Å². The van der Waals surface area contributed by atoms with Gasteiger partial charge in [0, 0.05) is 30.8 Å². The number of carbonyl (C=O) groups excluding carboxylic acids is 1. The van der Waals surface area contributed by atoms with Crippen LogP contribution in [0.2, 0.25) is 0 Å². The molecule has 1 aromatic heterocycles. The molecule has 2 heterocycles. The lowest BCUT2D eigenvalue weighted by Crippen LogP contribution is -2.42. The lowest BCUT2D eigenvalue weighted by Gasteiger charge is -2.38. The number of carbonyl (C=O) groups is 1. The third-order valence-corrected chi connectivity index (χ3v) is 5.78. The van der Waals surface area contributed by atoms with Gasteiger partial charge in [0.15, 0.2) is 11.5 Å². The summed E-state index contributed by atoms with van der Waals surface area (Å²) in [5.41, 5.74) is 2.33. The zero-order chi connectivity index (χ0) is 18.5. The Hall–Kier alpha value is -2.56. The van der Waals surface area contributed by atoms with Crippen LogP contribution in [0.1, 0.15) is 49.7 Å². The standard InChI is InChI=1S/C22H26N2O3/c25-21(9-6-17-5-4-12-23-14-17)24-15-22(10-2-1-3-11-22)18-7-8-19-20(13-18)27-16-26-19/h4-5,7-8,12-14H,1-3,6,9-11,15-16H2,(H,24,25). The number of benzene rings is 1. The van der Waals surface area contributed by atoms with Crippen LogP contribution in [-0.2, 0) is 16.6 Å². The van der Waals surface area contributed by atoms with E-state index in [2.05, 4.69) is 22.4 Å². The van der Waals surface area contributed by atoms with Gasteiger partial charge in [-0.2, -0.15) is 0 Å². The highest BCUT2D eigenvalue weighted by atomic mass is 16.7. The average molecular weight is 366 g/mol. The number of ether oxygens (including phenoxy) is 2. The highest BCUT2D eigenvalue weighted by Crippen LogP contribution is 2.43. The number of amides is 1. The third kappa shape index (κ3) is 4.07. The molecule has 0 radical (unpaired) electrons. The van der Waals surface area contributed by atoms with E-state index in [1.807, 2.05) is 24.4 Å². The summed E-state index contributed by atoms with van der Waals surface area (Å²) in [4.78, 5) is 16.6. The zero-order valence-electron chi connectivity index (χ0n) is 15.6. The van der Waals surface area contributed by atoms with E-state index in [4.69, 9.17) is 9.47 Å². The van der Waals surface area contributed by atoms with Crippen molar-refractivity contribution in [2.75, 3.05) is 13.3 Å². The largest absolute Gasteiger partial charge is 0.454 e. The smallest absolute Gasteiger partial charge is 0.231 e. The zero-order valence-corrected chi connectivity index (χ0v) is 15.6. The van der Waals surface area contributed by atoms with Crippen LogP contribution in [0.3, 0.4) is 0 Å². The number of aryl methyl sites for hydroxylation is 1. The van der Waals surface area contributed by atoms with Crippen molar-refractivity contribution in [1.82, 2.24) is 10.3 Å². The van der Waals surface area contributed by atoms with Crippen LogP contribution in [0.25, 0.3) is 0 Å². The summed E-state index contributed by atoms with van der Waals surface area (Å²) in [6, 6.07) is 10.2. The van der Waals surface area contributed by atoms with Gasteiger partial charge < -0.3 is 14.8 Å². The van der Waals surface area contributed by atoms with Crippen molar-refractivity contribution in [2.24, 2.45) is 0 Å². The second kappa shape index (κ2) is 7.99. The molecule has 5 heteroatoms. The van der Waals surface area contributed by atoms with E-state index >= 15 is 0 Å². The van der Waals surface area contributed by atoms with Gasteiger partial charge in [0.2, 0.25) is 12.7 Å². The fraction of sp³-hybridized carbons (Fsp3) is 0.455. The monoisotopic (exact) mass is 366 g/mol. The third-order valence-electron chi connectivity index (χ3n) is 5.78. The molecule has 5 nitrogen and oxygen atoms in total. The van der Waals surface area contributed by atoms with Crippen LogP contribution in [0.4, 0.5) is 0 Å². The van der Waals surface area contributed by atoms with Gasteiger partial charge in [-0.1, -0.05) is 31.4 Å². The van der Waals surface area contributed by atoms with Gasteiger partial charge >= 0.3 is 0 Å². The molecular formula is C22H26N2O3. The Morgan fingerprint density at radius 3 is 2.78 bits per heavy atom. The minimum absolute atomic E-state index is 0.0107. The summed E-state index contributed by atoms with van der Waals surface area (Å²) in [5, 5.41) is 3.20. The number of rotatable bonds is 6. The van der Waals surface area contributed by atoms with E-state index in [-0.39, 0.29) is 18.1 Å². The van der Waals surface area contributed by atoms with Crippen LogP contribution in [-0.4, -0.2) is 24.2 Å². The molecule has 142 valence electrons. The maximum Gasteiger partial charge on any atom is 0.231 e. The Kier molecular flexibility index (Phi) is 5.28. The van der Waals surface area contributed by atoms with E-state index in [0.717, 1.165) is 36.3 Å². The molecule has 1 saturated carbocycles. The predicted octanol–water partition coefficient (Wildman–Crippen LogP) is 3.76. The van der Waals surface area contributed by atoms with Crippen LogP contribution >= 0.6 is 0 Å². The van der Waals surface area contributed by atoms with Crippen molar-refractivity contribution in [3.63, 3.8) is 0 Å². The molecule has 1 aliphatic heterocycles. The van der Waals surface area contributed by atoms with Crippen molar-refractivity contribution in [1.29, 1.82) is 0 Å². The molecule has 1 fully saturated rings. The average Bonchev–Trinajstić information content (AvgIpc) is 3.20. The number of nitrogens with one attached hydrogen (secondary N) is 1. The van der Waals surface area contributed by atoms with Crippen molar-refractivity contribution in [3.05, 3.63) is 53.9 Å². The van der Waals surface area contributed by atoms with E-state index in [0.29, 0.717) is 13.0 Å². The fourth-order valence-electron chi connectivity index (χ4n) is 4.18. The molecule has 1 amide bonds. The minimum Gasteiger partial charge on any atom is -0.454 e. The van der Waals surface area contributed by atoms with Crippen LogP contribution in [0.5, 0.6) is 11.5 Å². The Labute approximate surface area is 160 Å². The Morgan fingerprint density at radius 1 is 1.11 bits per heavy atom. The lowest BCUT2D eigenvalue weighted by molar-refractivity contribution is -0.121. The molecular weight excluding hydrogens is 340 g/mol. The Balaban J connectivity index is 1.42. The van der Waals surface area contributed by atoms with Gasteiger partial charge in [0.05, 0.1) is 0 Å². The first-order valence-electron chi connectivity index (χ1n) is 9.81. The molecule has 0 spiro atoms. The minimum atomic E-state index is -0.0107. The number of pyridine rings is 1. The molecule has 27 heavy (non-hydrogen) atoms. The van der Waals surface area contributed by atoms with Crippen LogP contribution in [0.15, 0.2) is 42.7 Å². The highest BCUT2D eigenvalue weighted by molar-refractivity contribution is 5.76. The van der Waals surface area contributed by atoms with Gasteiger partial charge in [-0.3, -0.25) is 9.78 Å². The molecule has 0 unspecified atom stereocenters. The highest BCUT2D eigenvalue weighted by Gasteiger charge is 2.35. The molecule has 0 saturated heterocycles. The fourth-order valence-corrected chi connectivity index (χ4v) is 4.18. The van der Waals surface area contributed by atoms with Crippen molar-refractivity contribution >= 4 is 5.91 Å². The van der Waals surface area contributed by atoms with Gasteiger partial charge in [-0.15, -0.1) is 0 Å². The molecule has 0 atom stereocenters. The van der Waals surface area contributed by atoms with Crippen molar-refractivity contribution in [2.45, 2.75) is 50.4 Å². The molecule has 1 aliphatic carbocycles. The summed E-state index contributed by atoms with van der Waals surface area (Å²) < 4.78 is 11.0. The van der Waals surface area contributed by atoms with Crippen molar-refractivity contribution < 1.29 is 14.3 Å². The second-order valence-electron chi connectivity index (χ2n) is 7.55. The topological polar surface area (TPSA) is 60.5 Å². The first kappa shape index (κ1) is 17.8. The van der Waals surface area contributed by atoms with Crippen LogP contribution in [0, 0.1) is 0 Å². The maximum atomic E-state index is 12.4. The number of hydrogen-bond acceptors (Lipinski definition) is 4. The van der Waals surface area contributed by atoms with Gasteiger partial charge in [0.1, 0.15) is 0 Å². The predicted molar refractivity (Wildman–Crippen MR) is 103 cm³/mol. The first-order chi connectivity index (χ1) is 13.3.